The van der Waals surface area contributed by atoms with Gasteiger partial charge in [0.25, 0.3) is 0 Å². The summed E-state index contributed by atoms with van der Waals surface area (Å²) in [6.45, 7) is 2.68. The van der Waals surface area contributed by atoms with Crippen molar-refractivity contribution in [2.45, 2.75) is 45.3 Å². The number of nitrogens with one attached hydrogen (secondary N) is 1. The lowest BCUT2D eigenvalue weighted by Gasteiger charge is -2.22. The number of nitrogens with two attached hydrogens (primary N) is 1. The molecule has 30 heavy (non-hydrogen) atoms. The van der Waals surface area contributed by atoms with Crippen LogP contribution in [0.2, 0.25) is 0 Å². The van der Waals surface area contributed by atoms with Crippen molar-refractivity contribution in [3.63, 3.8) is 0 Å². The van der Waals surface area contributed by atoms with Crippen molar-refractivity contribution in [3.8, 4) is 5.75 Å². The van der Waals surface area contributed by atoms with Crippen molar-refractivity contribution in [1.29, 1.82) is 0 Å². The Labute approximate surface area is 180 Å². The molecule has 0 saturated carbocycles. The number of phenolic OH excluding ortho intramolecular Hbond substituents is 1. The predicted octanol–water partition coefficient (Wildman–Crippen LogP) is 5.38. The monoisotopic (exact) mass is 425 g/mol. The number of phenols is 1. The third kappa shape index (κ3) is 5.73. The van der Waals surface area contributed by atoms with E-state index in [0.29, 0.717) is 24.9 Å². The second kappa shape index (κ2) is 10.6. The van der Waals surface area contributed by atoms with E-state index >= 15 is 0 Å². The van der Waals surface area contributed by atoms with E-state index < -0.39 is 12.2 Å². The zero-order valence-electron chi connectivity index (χ0n) is 17.0. The molecule has 0 fully saturated rings. The Hall–Kier alpha value is -3.06. The molecule has 1 aromatic heterocycles. The largest absolute Gasteiger partial charge is 0.507 e. The van der Waals surface area contributed by atoms with Gasteiger partial charge in [0.1, 0.15) is 11.9 Å². The summed E-state index contributed by atoms with van der Waals surface area (Å²) in [5.41, 5.74) is 10.3. The summed E-state index contributed by atoms with van der Waals surface area (Å²) in [7, 11) is 0. The van der Waals surface area contributed by atoms with Gasteiger partial charge in [-0.25, -0.2) is 4.79 Å². The van der Waals surface area contributed by atoms with Crippen molar-refractivity contribution in [2.75, 3.05) is 5.32 Å². The summed E-state index contributed by atoms with van der Waals surface area (Å²) in [4.78, 5) is 16.6. The number of unbranched alkanes of at least 4 members (excludes halogenated alkanes) is 1. The molecule has 6 nitrogen and oxygen atoms in total. The fourth-order valence-corrected chi connectivity index (χ4v) is 3.91. The molecular weight excluding hydrogens is 398 g/mol. The third-order valence-electron chi connectivity index (χ3n) is 4.90. The zero-order chi connectivity index (χ0) is 21.3. The lowest BCUT2D eigenvalue weighted by molar-refractivity contribution is 0.0982. The van der Waals surface area contributed by atoms with E-state index in [1.165, 1.54) is 0 Å². The topological polar surface area (TPSA) is 97.5 Å². The molecule has 1 unspecified atom stereocenters. The average molecular weight is 426 g/mol. The highest BCUT2D eigenvalue weighted by Gasteiger charge is 2.22. The van der Waals surface area contributed by atoms with Crippen LogP contribution in [0.5, 0.6) is 5.75 Å². The van der Waals surface area contributed by atoms with E-state index in [4.69, 9.17) is 10.5 Å². The number of aromatic hydroxyl groups is 1. The molecule has 4 N–H and O–H groups in total. The molecule has 0 saturated heterocycles. The molecule has 0 spiro atoms. The fraction of sp³-hybridized carbons (Fsp3) is 0.304. The number of aromatic nitrogens is 1. The molecule has 0 bridgehead atoms. The van der Waals surface area contributed by atoms with Crippen molar-refractivity contribution in [2.24, 2.45) is 5.73 Å². The molecule has 2 aromatic carbocycles. The Morgan fingerprint density at radius 1 is 1.27 bits per heavy atom. The average Bonchev–Trinajstić information content (AvgIpc) is 3.26. The molecule has 7 heteroatoms. The van der Waals surface area contributed by atoms with Crippen LogP contribution in [0, 0.1) is 0 Å². The maximum Gasteiger partial charge on any atom is 0.405 e. The fourth-order valence-electron chi connectivity index (χ4n) is 3.38. The maximum atomic E-state index is 11.4. The minimum atomic E-state index is -0.840. The first-order chi connectivity index (χ1) is 14.6. The summed E-state index contributed by atoms with van der Waals surface area (Å²) in [6.07, 6.45) is 3.36. The first-order valence-corrected chi connectivity index (χ1v) is 10.9. The molecule has 158 valence electrons. The van der Waals surface area contributed by atoms with Crippen LogP contribution >= 0.6 is 11.3 Å². The zero-order valence-corrected chi connectivity index (χ0v) is 17.8. The van der Waals surface area contributed by atoms with Gasteiger partial charge in [0, 0.05) is 34.3 Å². The summed E-state index contributed by atoms with van der Waals surface area (Å²) >= 11 is 1.57. The van der Waals surface area contributed by atoms with Crippen LogP contribution in [0.15, 0.2) is 54.2 Å². The minimum absolute atomic E-state index is 0.135. The van der Waals surface area contributed by atoms with Gasteiger partial charge >= 0.3 is 6.09 Å². The first-order valence-electron chi connectivity index (χ1n) is 10.0. The molecular formula is C23H27N3O3S. The Bertz CT molecular complexity index is 946. The van der Waals surface area contributed by atoms with E-state index in [1.807, 2.05) is 48.7 Å². The van der Waals surface area contributed by atoms with E-state index in [9.17, 15) is 9.90 Å². The van der Waals surface area contributed by atoms with Gasteiger partial charge in [-0.05, 0) is 30.5 Å². The summed E-state index contributed by atoms with van der Waals surface area (Å²) in [6, 6.07) is 13.7. The van der Waals surface area contributed by atoms with Gasteiger partial charge in [-0.1, -0.05) is 43.7 Å². The highest BCUT2D eigenvalue weighted by molar-refractivity contribution is 7.09. The van der Waals surface area contributed by atoms with E-state index in [1.54, 1.807) is 16.8 Å². The van der Waals surface area contributed by atoms with Crippen molar-refractivity contribution in [3.05, 3.63) is 75.7 Å². The number of rotatable bonds is 10. The molecule has 0 radical (unpaired) electrons. The number of ether oxygens (including phenoxy) is 1. The molecule has 3 rings (SSSR count). The summed E-state index contributed by atoms with van der Waals surface area (Å²) in [5, 5.41) is 14.6. The van der Waals surface area contributed by atoms with Crippen LogP contribution in [-0.2, 0) is 17.7 Å². The van der Waals surface area contributed by atoms with Crippen LogP contribution in [0.3, 0.4) is 0 Å². The number of nitrogens with zero attached hydrogens (tertiary/aromatic N) is 1. The number of thiazole rings is 1. The molecule has 0 aliphatic carbocycles. The highest BCUT2D eigenvalue weighted by Crippen LogP contribution is 2.38. The molecule has 1 heterocycles. The van der Waals surface area contributed by atoms with E-state index in [0.717, 1.165) is 34.5 Å². The third-order valence-corrected chi connectivity index (χ3v) is 5.68. The Balaban J connectivity index is 1.95. The van der Waals surface area contributed by atoms with Crippen LogP contribution in [0.1, 0.15) is 53.9 Å². The van der Waals surface area contributed by atoms with Gasteiger partial charge < -0.3 is 20.9 Å². The molecule has 3 aromatic rings. The quantitative estimate of drug-likeness (QED) is 0.405. The van der Waals surface area contributed by atoms with E-state index in [-0.39, 0.29) is 5.75 Å². The van der Waals surface area contributed by atoms with Crippen LogP contribution in [-0.4, -0.2) is 16.2 Å². The molecule has 0 aliphatic rings. The molecule has 1 atom stereocenters. The van der Waals surface area contributed by atoms with E-state index in [2.05, 4.69) is 17.2 Å². The number of anilines is 1. The molecule has 0 aliphatic heterocycles. The number of hydrogen-bond acceptors (Lipinski definition) is 6. The Morgan fingerprint density at radius 3 is 2.73 bits per heavy atom. The Kier molecular flexibility index (Phi) is 7.68. The Morgan fingerprint density at radius 2 is 2.07 bits per heavy atom. The number of amides is 1. The summed E-state index contributed by atoms with van der Waals surface area (Å²) in [5.74, 6) is 0.135. The van der Waals surface area contributed by atoms with Crippen LogP contribution in [0.4, 0.5) is 10.5 Å². The van der Waals surface area contributed by atoms with Gasteiger partial charge in [-0.3, -0.25) is 4.98 Å². The first kappa shape index (κ1) is 21.6. The van der Waals surface area contributed by atoms with Gasteiger partial charge in [0.2, 0.25) is 0 Å². The summed E-state index contributed by atoms with van der Waals surface area (Å²) < 4.78 is 5.34. The van der Waals surface area contributed by atoms with Gasteiger partial charge in [0.15, 0.2) is 0 Å². The van der Waals surface area contributed by atoms with Crippen molar-refractivity contribution >= 4 is 23.1 Å². The predicted molar refractivity (Wildman–Crippen MR) is 120 cm³/mol. The van der Waals surface area contributed by atoms with Gasteiger partial charge in [0.05, 0.1) is 12.1 Å². The van der Waals surface area contributed by atoms with Gasteiger partial charge in [-0.2, -0.15) is 0 Å². The SMILES string of the molecule is CCCCC(OC(N)=O)c1ccc(NCc2cncs2)c(Cc2ccccc2)c1O. The maximum absolute atomic E-state index is 11.4. The second-order valence-corrected chi connectivity index (χ2v) is 8.05. The van der Waals surface area contributed by atoms with Crippen LogP contribution < -0.4 is 11.1 Å². The minimum Gasteiger partial charge on any atom is -0.507 e. The second-order valence-electron chi connectivity index (χ2n) is 7.08. The smallest absolute Gasteiger partial charge is 0.405 e. The standard InChI is InChI=1S/C23H27N3O3S/c1-2-3-9-21(29-23(24)28)18-10-11-20(26-14-17-13-25-15-30-17)19(22(18)27)12-16-7-5-4-6-8-16/h4-8,10-11,13,15,21,26-27H,2-3,9,12,14H2,1H3,(H2,24,28). The van der Waals surface area contributed by atoms with Gasteiger partial charge in [-0.15, -0.1) is 11.3 Å². The lowest BCUT2D eigenvalue weighted by Crippen LogP contribution is -2.18. The number of benzene rings is 2. The number of carbonyl (C=O) groups excluding carboxylic acids is 1. The highest BCUT2D eigenvalue weighted by atomic mass is 32.1. The molecule has 1 amide bonds. The number of primary amides is 1. The lowest BCUT2D eigenvalue weighted by atomic mass is 9.95. The normalized spacial score (nSPS) is 11.8. The van der Waals surface area contributed by atoms with Crippen molar-refractivity contribution < 1.29 is 14.6 Å². The van der Waals surface area contributed by atoms with Crippen LogP contribution in [0.25, 0.3) is 0 Å². The number of carbonyl (C=O) groups is 1. The van der Waals surface area contributed by atoms with Crippen molar-refractivity contribution in [1.82, 2.24) is 4.98 Å². The number of hydrogen-bond donors (Lipinski definition) is 3.